The van der Waals surface area contributed by atoms with Gasteiger partial charge in [0.15, 0.2) is 5.78 Å². The third-order valence-electron chi connectivity index (χ3n) is 5.70. The first-order valence-electron chi connectivity index (χ1n) is 9.33. The summed E-state index contributed by atoms with van der Waals surface area (Å²) in [4.78, 5) is 30.6. The van der Waals surface area contributed by atoms with E-state index in [-0.39, 0.29) is 29.1 Å². The number of aromatic amines is 1. The molecule has 1 fully saturated rings. The molecule has 5 heteroatoms. The molecule has 2 aliphatic heterocycles. The van der Waals surface area contributed by atoms with E-state index in [0.717, 1.165) is 28.6 Å². The van der Waals surface area contributed by atoms with E-state index in [2.05, 4.69) is 31.0 Å². The van der Waals surface area contributed by atoms with Crippen molar-refractivity contribution >= 4 is 22.6 Å². The van der Waals surface area contributed by atoms with Crippen LogP contribution < -0.4 is 0 Å². The van der Waals surface area contributed by atoms with Gasteiger partial charge in [-0.05, 0) is 51.3 Å². The monoisotopic (exact) mass is 364 g/mol. The van der Waals surface area contributed by atoms with E-state index >= 15 is 0 Å². The maximum absolute atomic E-state index is 12.8. The second-order valence-electron chi connectivity index (χ2n) is 7.78. The molecule has 0 unspecified atom stereocenters. The molecule has 27 heavy (non-hydrogen) atoms. The number of ketones is 1. The van der Waals surface area contributed by atoms with Crippen LogP contribution in [0.1, 0.15) is 50.6 Å². The van der Waals surface area contributed by atoms with Crippen molar-refractivity contribution in [2.24, 2.45) is 0 Å². The molecule has 3 heterocycles. The molecule has 2 aromatic rings. The van der Waals surface area contributed by atoms with Crippen LogP contribution in [0, 0.1) is 0 Å². The predicted octanol–water partition coefficient (Wildman–Crippen LogP) is 3.91. The number of nitrogens with one attached hydrogen (secondary N) is 1. The van der Waals surface area contributed by atoms with Gasteiger partial charge < -0.3 is 15.0 Å². The van der Waals surface area contributed by atoms with Gasteiger partial charge in [-0.15, -0.1) is 0 Å². The molecular weight excluding hydrogens is 340 g/mol. The zero-order chi connectivity index (χ0) is 19.5. The molecule has 0 aliphatic carbocycles. The lowest BCUT2D eigenvalue weighted by Gasteiger charge is -2.34. The number of rotatable bonds is 2. The molecule has 0 saturated carbocycles. The van der Waals surface area contributed by atoms with Crippen LogP contribution in [0.4, 0.5) is 0 Å². The molecule has 4 rings (SSSR count). The van der Waals surface area contributed by atoms with Crippen molar-refractivity contribution in [1.82, 2.24) is 9.88 Å². The molecule has 0 radical (unpaired) electrons. The Morgan fingerprint density at radius 2 is 2.04 bits per heavy atom. The van der Waals surface area contributed by atoms with Gasteiger partial charge in [-0.25, -0.2) is 0 Å². The summed E-state index contributed by atoms with van der Waals surface area (Å²) in [6, 6.07) is 5.43. The lowest BCUT2D eigenvalue weighted by molar-refractivity contribution is -0.130. The largest absolute Gasteiger partial charge is 0.512 e. The Labute approximate surface area is 158 Å². The van der Waals surface area contributed by atoms with Crippen LogP contribution in [0.25, 0.3) is 10.9 Å². The van der Waals surface area contributed by atoms with Gasteiger partial charge in [0.2, 0.25) is 0 Å². The van der Waals surface area contributed by atoms with Crippen LogP contribution in [0.15, 0.2) is 41.2 Å². The van der Waals surface area contributed by atoms with Crippen molar-refractivity contribution in [3.63, 3.8) is 0 Å². The van der Waals surface area contributed by atoms with E-state index in [1.165, 1.54) is 18.1 Å². The highest BCUT2D eigenvalue weighted by Gasteiger charge is 2.50. The van der Waals surface area contributed by atoms with E-state index in [0.29, 0.717) is 6.42 Å². The molecule has 1 saturated heterocycles. The van der Waals surface area contributed by atoms with Crippen molar-refractivity contribution in [2.75, 3.05) is 0 Å². The summed E-state index contributed by atoms with van der Waals surface area (Å²) < 4.78 is 0. The van der Waals surface area contributed by atoms with E-state index in [1.807, 2.05) is 19.1 Å². The number of H-pyrrole nitrogens is 1. The fourth-order valence-electron chi connectivity index (χ4n) is 4.44. The van der Waals surface area contributed by atoms with Crippen LogP contribution in [-0.2, 0) is 22.4 Å². The number of carbonyl (C=O) groups excluding carboxylic acids is 2. The van der Waals surface area contributed by atoms with Crippen LogP contribution >= 0.6 is 0 Å². The number of benzene rings is 1. The predicted molar refractivity (Wildman–Crippen MR) is 105 cm³/mol. The van der Waals surface area contributed by atoms with Gasteiger partial charge in [0, 0.05) is 23.0 Å². The van der Waals surface area contributed by atoms with E-state index in [1.54, 1.807) is 4.90 Å². The third kappa shape index (κ3) is 2.52. The normalized spacial score (nSPS) is 23.5. The number of hydrogen-bond donors (Lipinski definition) is 2. The number of carbonyl (C=O) groups is 2. The number of fused-ring (bicyclic) bond motifs is 4. The second kappa shape index (κ2) is 6.12. The minimum Gasteiger partial charge on any atom is -0.512 e. The first-order valence-corrected chi connectivity index (χ1v) is 9.33. The summed E-state index contributed by atoms with van der Waals surface area (Å²) in [5.41, 5.74) is 5.57. The number of amides is 1. The van der Waals surface area contributed by atoms with E-state index in [9.17, 15) is 14.7 Å². The van der Waals surface area contributed by atoms with Crippen molar-refractivity contribution in [3.8, 4) is 0 Å². The summed E-state index contributed by atoms with van der Waals surface area (Å²) in [5, 5.41) is 11.0. The number of aromatic nitrogens is 1. The highest BCUT2D eigenvalue weighted by Crippen LogP contribution is 2.42. The molecule has 1 aromatic heterocycles. The molecule has 0 bridgehead atoms. The van der Waals surface area contributed by atoms with Crippen molar-refractivity contribution in [1.29, 1.82) is 0 Å². The van der Waals surface area contributed by atoms with Gasteiger partial charge in [0.25, 0.3) is 5.91 Å². The number of aliphatic hydroxyl groups is 1. The van der Waals surface area contributed by atoms with Crippen LogP contribution in [0.5, 0.6) is 0 Å². The Kier molecular flexibility index (Phi) is 3.98. The first-order chi connectivity index (χ1) is 12.8. The van der Waals surface area contributed by atoms with E-state index < -0.39 is 6.04 Å². The van der Waals surface area contributed by atoms with Crippen molar-refractivity contribution < 1.29 is 14.7 Å². The average Bonchev–Trinajstić information content (AvgIpc) is 3.10. The number of hydrogen-bond acceptors (Lipinski definition) is 3. The van der Waals surface area contributed by atoms with Gasteiger partial charge >= 0.3 is 0 Å². The third-order valence-corrected chi connectivity index (χ3v) is 5.70. The van der Waals surface area contributed by atoms with Gasteiger partial charge in [-0.3, -0.25) is 9.59 Å². The minimum absolute atomic E-state index is 0.0638. The maximum atomic E-state index is 12.8. The Morgan fingerprint density at radius 1 is 1.30 bits per heavy atom. The fraction of sp³-hybridized carbons (Fsp3) is 0.364. The Hall–Kier alpha value is -2.82. The Morgan fingerprint density at radius 3 is 2.70 bits per heavy atom. The number of allylic oxidation sites excluding steroid dienone is 3. The molecule has 2 atom stereocenters. The molecule has 1 aromatic carbocycles. The van der Waals surface area contributed by atoms with E-state index in [4.69, 9.17) is 0 Å². The quantitative estimate of drug-likeness (QED) is 0.367. The SMILES string of the molecule is CC(C)=CCc1cccc2[nH]c3c(c12)C[C@H]1C(=O)/C(=C(\C)O)C(=O)N1[C@@H]3C. The van der Waals surface area contributed by atoms with Gasteiger partial charge in [-0.2, -0.15) is 0 Å². The molecule has 5 nitrogen and oxygen atoms in total. The number of nitrogens with zero attached hydrogens (tertiary/aromatic N) is 1. The molecule has 2 N–H and O–H groups in total. The topological polar surface area (TPSA) is 73.4 Å². The van der Waals surface area contributed by atoms with Crippen LogP contribution in [0.2, 0.25) is 0 Å². The smallest absolute Gasteiger partial charge is 0.262 e. The summed E-state index contributed by atoms with van der Waals surface area (Å²) in [6.45, 7) is 7.51. The highest BCUT2D eigenvalue weighted by atomic mass is 16.3. The minimum atomic E-state index is -0.535. The Balaban J connectivity index is 1.87. The van der Waals surface area contributed by atoms with Gasteiger partial charge in [0.1, 0.15) is 17.4 Å². The summed E-state index contributed by atoms with van der Waals surface area (Å²) >= 11 is 0. The number of aliphatic hydroxyl groups excluding tert-OH is 1. The summed E-state index contributed by atoms with van der Waals surface area (Å²) in [5.74, 6) is -0.829. The average molecular weight is 364 g/mol. The second-order valence-corrected chi connectivity index (χ2v) is 7.78. The summed E-state index contributed by atoms with van der Waals surface area (Å²) in [6.07, 6.45) is 3.51. The highest BCUT2D eigenvalue weighted by molar-refractivity contribution is 6.27. The van der Waals surface area contributed by atoms with Crippen molar-refractivity contribution in [2.45, 2.75) is 52.6 Å². The fourth-order valence-corrected chi connectivity index (χ4v) is 4.44. The first kappa shape index (κ1) is 17.6. The molecule has 0 spiro atoms. The summed E-state index contributed by atoms with van der Waals surface area (Å²) in [7, 11) is 0. The molecule has 2 aliphatic rings. The standard InChI is InChI=1S/C22H24N2O3/c1-11(2)8-9-14-6-5-7-16-19(14)15-10-17-21(26)18(13(4)25)22(27)24(17)12(3)20(15)23-16/h5-8,12,17,23,25H,9-10H2,1-4H3/b18-13-/t12-,17+/m1/s1. The lowest BCUT2D eigenvalue weighted by Crippen LogP contribution is -2.42. The maximum Gasteiger partial charge on any atom is 0.262 e. The van der Waals surface area contributed by atoms with Crippen molar-refractivity contribution in [3.05, 3.63) is 58.0 Å². The zero-order valence-electron chi connectivity index (χ0n) is 16.1. The van der Waals surface area contributed by atoms with Crippen LogP contribution in [0.3, 0.4) is 0 Å². The van der Waals surface area contributed by atoms with Gasteiger partial charge in [-0.1, -0.05) is 23.8 Å². The molecular formula is C22H24N2O3. The molecule has 1 amide bonds. The zero-order valence-corrected chi connectivity index (χ0v) is 16.1. The van der Waals surface area contributed by atoms with Gasteiger partial charge in [0.05, 0.1) is 6.04 Å². The number of Topliss-reactive ketones (excluding diaryl/α,β-unsaturated/α-hetero) is 1. The Bertz CT molecular complexity index is 1030. The lowest BCUT2D eigenvalue weighted by atomic mass is 9.90. The van der Waals surface area contributed by atoms with Crippen LogP contribution in [-0.4, -0.2) is 32.7 Å². The molecule has 140 valence electrons.